The van der Waals surface area contributed by atoms with Crippen LogP contribution in [0, 0.1) is 0 Å². The molecule has 1 aromatic carbocycles. The van der Waals surface area contributed by atoms with Crippen LogP contribution >= 0.6 is 0 Å². The molecule has 0 aliphatic heterocycles. The lowest BCUT2D eigenvalue weighted by atomic mass is 10.0. The van der Waals surface area contributed by atoms with Gasteiger partial charge in [0.2, 0.25) is 0 Å². The molecule has 0 fully saturated rings. The first-order chi connectivity index (χ1) is 10.2. The molecule has 0 aliphatic rings. The van der Waals surface area contributed by atoms with E-state index in [2.05, 4.69) is 0 Å². The van der Waals surface area contributed by atoms with Crippen LogP contribution in [0.15, 0.2) is 24.3 Å². The summed E-state index contributed by atoms with van der Waals surface area (Å²) in [6.45, 7) is 1.61. The molecule has 22 heavy (non-hydrogen) atoms. The monoisotopic (exact) mass is 329 g/mol. The van der Waals surface area contributed by atoms with Crippen LogP contribution in [0.3, 0.4) is 0 Å². The zero-order valence-corrected chi connectivity index (χ0v) is 12.5. The highest BCUT2D eigenvalue weighted by Gasteiger charge is 2.27. The highest BCUT2D eigenvalue weighted by molar-refractivity contribution is 7.85. The molecule has 0 aromatic heterocycles. The number of hydrogen-bond acceptors (Lipinski definition) is 5. The predicted octanol–water partition coefficient (Wildman–Crippen LogP) is 0.350. The molecule has 3 N–H and O–H groups in total. The minimum Gasteiger partial charge on any atom is -0.480 e. The quantitative estimate of drug-likeness (QED) is 0.484. The Kier molecular flexibility index (Phi) is 5.77. The topological polar surface area (TPSA) is 138 Å². The summed E-state index contributed by atoms with van der Waals surface area (Å²) in [7, 11) is -4.59. The van der Waals surface area contributed by atoms with Crippen LogP contribution in [0.2, 0.25) is 0 Å². The first kappa shape index (κ1) is 17.8. The summed E-state index contributed by atoms with van der Waals surface area (Å²) in [5.74, 6) is -4.01. The molecule has 0 unspecified atom stereocenters. The van der Waals surface area contributed by atoms with Crippen LogP contribution in [-0.4, -0.2) is 47.5 Å². The lowest BCUT2D eigenvalue weighted by Gasteiger charge is -2.14. The number of carbonyl (C=O) groups is 3. The average Bonchev–Trinajstić information content (AvgIpc) is 2.44. The molecule has 1 atom stereocenters. The van der Waals surface area contributed by atoms with E-state index < -0.39 is 33.8 Å². The van der Waals surface area contributed by atoms with E-state index in [1.54, 1.807) is 13.0 Å². The van der Waals surface area contributed by atoms with Crippen molar-refractivity contribution >= 4 is 27.8 Å². The molecule has 0 heterocycles. The highest BCUT2D eigenvalue weighted by Crippen LogP contribution is 2.11. The van der Waals surface area contributed by atoms with Crippen LogP contribution < -0.4 is 5.32 Å². The maximum absolute atomic E-state index is 12.1. The fourth-order valence-corrected chi connectivity index (χ4v) is 2.38. The number of Topliss-reactive ketones (excluding diaryl/α,β-unsaturated/α-hetero) is 1. The van der Waals surface area contributed by atoms with Crippen molar-refractivity contribution in [2.45, 2.75) is 19.4 Å². The van der Waals surface area contributed by atoms with Crippen molar-refractivity contribution < 1.29 is 32.5 Å². The van der Waals surface area contributed by atoms with Crippen molar-refractivity contribution in [2.24, 2.45) is 0 Å². The first-order valence-corrected chi connectivity index (χ1v) is 7.87. The normalized spacial score (nSPS) is 12.5. The largest absolute Gasteiger partial charge is 0.480 e. The second-order valence-corrected chi connectivity index (χ2v) is 5.93. The third-order valence-electron chi connectivity index (χ3n) is 2.77. The molecule has 0 bridgehead atoms. The van der Waals surface area contributed by atoms with Crippen LogP contribution in [0.5, 0.6) is 0 Å². The van der Waals surface area contributed by atoms with Crippen LogP contribution in [0.25, 0.3) is 0 Å². The third kappa shape index (κ3) is 4.93. The third-order valence-corrected chi connectivity index (χ3v) is 3.53. The minimum atomic E-state index is -4.59. The fraction of sp³-hybridized carbons (Fsp3) is 0.308. The minimum absolute atomic E-state index is 0.0593. The van der Waals surface area contributed by atoms with E-state index >= 15 is 0 Å². The van der Waals surface area contributed by atoms with Crippen LogP contribution in [0.1, 0.15) is 34.1 Å². The van der Waals surface area contributed by atoms with Gasteiger partial charge in [0.1, 0.15) is 11.8 Å². The van der Waals surface area contributed by atoms with Crippen LogP contribution in [0.4, 0.5) is 0 Å². The molecule has 0 saturated heterocycles. The number of amides is 1. The Morgan fingerprint density at radius 1 is 1.18 bits per heavy atom. The summed E-state index contributed by atoms with van der Waals surface area (Å²) in [4.78, 5) is 34.8. The number of rotatable bonds is 7. The van der Waals surface area contributed by atoms with Gasteiger partial charge in [0.15, 0.2) is 5.78 Å². The summed E-state index contributed by atoms with van der Waals surface area (Å²) in [5, 5.41) is 10.9. The first-order valence-electron chi connectivity index (χ1n) is 6.26. The van der Waals surface area contributed by atoms with Gasteiger partial charge in [-0.25, -0.2) is 4.79 Å². The molecule has 9 heteroatoms. The SMILES string of the molecule is CCC(=O)c1ccccc1C(=O)N[C@@H](CS(=O)(=O)O)C(=O)O. The second kappa shape index (κ2) is 7.14. The van der Waals surface area contributed by atoms with Crippen molar-refractivity contribution in [1.82, 2.24) is 5.32 Å². The molecular formula is C13H15NO7S. The zero-order valence-electron chi connectivity index (χ0n) is 11.6. The Balaban J connectivity index is 3.06. The van der Waals surface area contributed by atoms with Crippen molar-refractivity contribution in [1.29, 1.82) is 0 Å². The van der Waals surface area contributed by atoms with Gasteiger partial charge in [0.25, 0.3) is 16.0 Å². The Morgan fingerprint density at radius 2 is 1.73 bits per heavy atom. The Labute approximate surface area is 126 Å². The van der Waals surface area contributed by atoms with E-state index in [0.717, 1.165) is 0 Å². The maximum Gasteiger partial charge on any atom is 0.327 e. The number of benzene rings is 1. The second-order valence-electron chi connectivity index (χ2n) is 4.44. The maximum atomic E-state index is 12.1. The number of carboxylic acids is 1. The zero-order chi connectivity index (χ0) is 16.9. The standard InChI is InChI=1S/C13H15NO7S/c1-2-11(15)8-5-3-4-6-9(8)12(16)14-10(13(17)18)7-22(19,20)21/h3-6,10H,2,7H2,1H3,(H,14,16)(H,17,18)(H,19,20,21)/t10-/m0/s1. The molecule has 120 valence electrons. The van der Waals surface area contributed by atoms with Gasteiger partial charge >= 0.3 is 5.97 Å². The molecular weight excluding hydrogens is 314 g/mol. The summed E-state index contributed by atoms with van der Waals surface area (Å²) in [5.41, 5.74) is 0.0504. The van der Waals surface area contributed by atoms with Crippen LogP contribution in [-0.2, 0) is 14.9 Å². The van der Waals surface area contributed by atoms with Crippen molar-refractivity contribution in [3.63, 3.8) is 0 Å². The highest BCUT2D eigenvalue weighted by atomic mass is 32.2. The summed E-state index contributed by atoms with van der Waals surface area (Å²) >= 11 is 0. The molecule has 0 spiro atoms. The predicted molar refractivity (Wildman–Crippen MR) is 76.4 cm³/mol. The smallest absolute Gasteiger partial charge is 0.327 e. The molecule has 0 saturated carbocycles. The molecule has 0 aliphatic carbocycles. The van der Waals surface area contributed by atoms with E-state index in [1.165, 1.54) is 18.2 Å². The van der Waals surface area contributed by atoms with Gasteiger partial charge in [0, 0.05) is 12.0 Å². The number of carbonyl (C=O) groups excluding carboxylic acids is 2. The van der Waals surface area contributed by atoms with Gasteiger partial charge in [0.05, 0.1) is 5.56 Å². The number of nitrogens with one attached hydrogen (secondary N) is 1. The Bertz CT molecular complexity index is 696. The Hall–Kier alpha value is -2.26. The summed E-state index contributed by atoms with van der Waals surface area (Å²) in [6, 6.07) is 3.95. The summed E-state index contributed by atoms with van der Waals surface area (Å²) < 4.78 is 30.2. The van der Waals surface area contributed by atoms with Crippen molar-refractivity contribution in [3.8, 4) is 0 Å². The van der Waals surface area contributed by atoms with E-state index in [1.807, 2.05) is 5.32 Å². The van der Waals surface area contributed by atoms with Crippen molar-refractivity contribution in [2.75, 3.05) is 5.75 Å². The molecule has 1 aromatic rings. The van der Waals surface area contributed by atoms with E-state index in [-0.39, 0.29) is 23.3 Å². The van der Waals surface area contributed by atoms with Crippen molar-refractivity contribution in [3.05, 3.63) is 35.4 Å². The Morgan fingerprint density at radius 3 is 2.18 bits per heavy atom. The lowest BCUT2D eigenvalue weighted by molar-refractivity contribution is -0.138. The fourth-order valence-electron chi connectivity index (χ4n) is 1.74. The van der Waals surface area contributed by atoms with Gasteiger partial charge in [-0.05, 0) is 6.07 Å². The molecule has 8 nitrogen and oxygen atoms in total. The molecule has 0 radical (unpaired) electrons. The number of ketones is 1. The van der Waals surface area contributed by atoms with E-state index in [9.17, 15) is 22.8 Å². The van der Waals surface area contributed by atoms with E-state index in [0.29, 0.717) is 0 Å². The number of carboxylic acid groups (broad SMARTS) is 1. The average molecular weight is 329 g/mol. The molecule has 1 amide bonds. The number of hydrogen-bond donors (Lipinski definition) is 3. The van der Waals surface area contributed by atoms with Gasteiger partial charge in [-0.2, -0.15) is 8.42 Å². The van der Waals surface area contributed by atoms with Gasteiger partial charge in [-0.1, -0.05) is 25.1 Å². The number of aliphatic carboxylic acids is 1. The lowest BCUT2D eigenvalue weighted by Crippen LogP contribution is -2.45. The van der Waals surface area contributed by atoms with E-state index in [4.69, 9.17) is 9.66 Å². The van der Waals surface area contributed by atoms with Gasteiger partial charge in [-0.3, -0.25) is 14.1 Å². The van der Waals surface area contributed by atoms with Gasteiger partial charge in [-0.15, -0.1) is 0 Å². The summed E-state index contributed by atoms with van der Waals surface area (Å²) in [6.07, 6.45) is 0.150. The van der Waals surface area contributed by atoms with Gasteiger partial charge < -0.3 is 10.4 Å². The molecule has 1 rings (SSSR count).